The number of carbonyl (C=O) groups excluding carboxylic acids is 2. The van der Waals surface area contributed by atoms with Gasteiger partial charge in [-0.1, -0.05) is 0 Å². The topological polar surface area (TPSA) is 86.1 Å². The number of esters is 1. The van der Waals surface area contributed by atoms with E-state index in [1.54, 1.807) is 23.1 Å². The van der Waals surface area contributed by atoms with Crippen molar-refractivity contribution in [1.82, 2.24) is 20.1 Å². The fraction of sp³-hybridized carbons (Fsp3) is 0.412. The Balaban J connectivity index is 1.86. The molecule has 1 unspecified atom stereocenters. The average molecular weight is 328 g/mol. The van der Waals surface area contributed by atoms with Crippen molar-refractivity contribution in [1.29, 1.82) is 0 Å². The smallest absolute Gasteiger partial charge is 0.308 e. The fourth-order valence-electron chi connectivity index (χ4n) is 2.63. The highest BCUT2D eigenvalue weighted by Crippen LogP contribution is 2.25. The number of amides is 1. The molecule has 126 valence electrons. The molecule has 0 saturated carbocycles. The molecule has 3 heterocycles. The van der Waals surface area contributed by atoms with Gasteiger partial charge in [-0.15, -0.1) is 0 Å². The summed E-state index contributed by atoms with van der Waals surface area (Å²) >= 11 is 0. The highest BCUT2D eigenvalue weighted by atomic mass is 16.6. The molecule has 0 spiro atoms. The maximum Gasteiger partial charge on any atom is 0.308 e. The first-order valence-corrected chi connectivity index (χ1v) is 7.83. The minimum absolute atomic E-state index is 0.155. The molecule has 1 aliphatic heterocycles. The Morgan fingerprint density at radius 3 is 2.75 bits per heavy atom. The van der Waals surface area contributed by atoms with Gasteiger partial charge in [0.1, 0.15) is 11.3 Å². The lowest BCUT2D eigenvalue weighted by Gasteiger charge is -2.26. The lowest BCUT2D eigenvalue weighted by Crippen LogP contribution is -2.40. The highest BCUT2D eigenvalue weighted by molar-refractivity contribution is 5.94. The number of aromatic nitrogens is 3. The Morgan fingerprint density at radius 1 is 1.38 bits per heavy atom. The average Bonchev–Trinajstić information content (AvgIpc) is 2.95. The third kappa shape index (κ3) is 3.45. The molecule has 7 heteroatoms. The first-order chi connectivity index (χ1) is 11.3. The molecule has 7 nitrogen and oxygen atoms in total. The predicted molar refractivity (Wildman–Crippen MR) is 87.3 cm³/mol. The maximum atomic E-state index is 12.1. The number of nitrogens with zero attached hydrogens (tertiary/aromatic N) is 3. The van der Waals surface area contributed by atoms with Crippen LogP contribution in [0.4, 0.5) is 0 Å². The first kappa shape index (κ1) is 16.2. The van der Waals surface area contributed by atoms with Crippen LogP contribution in [0.3, 0.4) is 0 Å². The Morgan fingerprint density at radius 2 is 2.08 bits per heavy atom. The zero-order valence-corrected chi connectivity index (χ0v) is 13.9. The molecule has 0 saturated heterocycles. The first-order valence-electron chi connectivity index (χ1n) is 7.83. The Labute approximate surface area is 140 Å². The number of rotatable bonds is 3. The van der Waals surface area contributed by atoms with Crippen molar-refractivity contribution in [3.63, 3.8) is 0 Å². The molecule has 1 atom stereocenters. The second-order valence-electron chi connectivity index (χ2n) is 6.75. The number of carbonyl (C=O) groups is 2. The second kappa shape index (κ2) is 6.07. The largest absolute Gasteiger partial charge is 0.460 e. The Bertz CT molecular complexity index is 762. The number of pyridine rings is 1. The standard InChI is InChI=1S/C17H20N4O3/c1-17(2,3)24-15(22)8-12-10-19-16(23)14-9-13(20-21(12)14)11-4-6-18-7-5-11/h4-7,9,12H,8,10H2,1-3H3,(H,19,23). The Kier molecular flexibility index (Phi) is 4.09. The molecule has 0 aromatic carbocycles. The lowest BCUT2D eigenvalue weighted by atomic mass is 10.1. The number of fused-ring (bicyclic) bond motifs is 1. The molecule has 1 aliphatic rings. The van der Waals surface area contributed by atoms with Crippen molar-refractivity contribution in [3.05, 3.63) is 36.3 Å². The van der Waals surface area contributed by atoms with E-state index >= 15 is 0 Å². The number of ether oxygens (including phenoxy) is 1. The fourth-order valence-corrected chi connectivity index (χ4v) is 2.63. The summed E-state index contributed by atoms with van der Waals surface area (Å²) in [6, 6.07) is 5.12. The second-order valence-corrected chi connectivity index (χ2v) is 6.75. The molecule has 1 amide bonds. The summed E-state index contributed by atoms with van der Waals surface area (Å²) in [7, 11) is 0. The molecule has 2 aromatic heterocycles. The predicted octanol–water partition coefficient (Wildman–Crippen LogP) is 1.96. The molecule has 0 bridgehead atoms. The van der Waals surface area contributed by atoms with Gasteiger partial charge >= 0.3 is 5.97 Å². The van der Waals surface area contributed by atoms with E-state index < -0.39 is 5.60 Å². The minimum Gasteiger partial charge on any atom is -0.460 e. The van der Waals surface area contributed by atoms with Crippen LogP contribution < -0.4 is 5.32 Å². The van der Waals surface area contributed by atoms with Crippen LogP contribution in [-0.4, -0.2) is 38.8 Å². The SMILES string of the molecule is CC(C)(C)OC(=O)CC1CNC(=O)c2cc(-c3ccncc3)nn21. The van der Waals surface area contributed by atoms with Gasteiger partial charge in [-0.05, 0) is 39.0 Å². The van der Waals surface area contributed by atoms with Gasteiger partial charge in [0.05, 0.1) is 18.2 Å². The van der Waals surface area contributed by atoms with Gasteiger partial charge in [0, 0.05) is 24.5 Å². The van der Waals surface area contributed by atoms with E-state index in [1.165, 1.54) is 0 Å². The molecular weight excluding hydrogens is 308 g/mol. The molecule has 0 radical (unpaired) electrons. The van der Waals surface area contributed by atoms with Crippen molar-refractivity contribution >= 4 is 11.9 Å². The normalized spacial score (nSPS) is 17.1. The van der Waals surface area contributed by atoms with Crippen LogP contribution in [0, 0.1) is 0 Å². The number of nitrogens with one attached hydrogen (secondary N) is 1. The monoisotopic (exact) mass is 328 g/mol. The summed E-state index contributed by atoms with van der Waals surface area (Å²) in [6.45, 7) is 5.83. The van der Waals surface area contributed by atoms with Crippen LogP contribution >= 0.6 is 0 Å². The maximum absolute atomic E-state index is 12.1. The molecule has 1 N–H and O–H groups in total. The van der Waals surface area contributed by atoms with Crippen LogP contribution in [0.25, 0.3) is 11.3 Å². The van der Waals surface area contributed by atoms with E-state index in [2.05, 4.69) is 15.4 Å². The molecule has 0 aliphatic carbocycles. The van der Waals surface area contributed by atoms with Crippen LogP contribution in [0.15, 0.2) is 30.6 Å². The van der Waals surface area contributed by atoms with Crippen molar-refractivity contribution in [2.75, 3.05) is 6.54 Å². The van der Waals surface area contributed by atoms with Gasteiger partial charge in [0.25, 0.3) is 5.91 Å². The van der Waals surface area contributed by atoms with Crippen molar-refractivity contribution in [2.45, 2.75) is 38.8 Å². The molecule has 0 fully saturated rings. The van der Waals surface area contributed by atoms with Crippen molar-refractivity contribution in [3.8, 4) is 11.3 Å². The molecular formula is C17H20N4O3. The van der Waals surface area contributed by atoms with Gasteiger partial charge in [-0.3, -0.25) is 19.3 Å². The van der Waals surface area contributed by atoms with E-state index in [4.69, 9.17) is 4.74 Å². The van der Waals surface area contributed by atoms with Crippen molar-refractivity contribution < 1.29 is 14.3 Å². The number of hydrogen-bond acceptors (Lipinski definition) is 5. The van der Waals surface area contributed by atoms with Gasteiger partial charge in [0.2, 0.25) is 0 Å². The lowest BCUT2D eigenvalue weighted by molar-refractivity contribution is -0.155. The number of hydrogen-bond donors (Lipinski definition) is 1. The van der Waals surface area contributed by atoms with Crippen LogP contribution in [0.2, 0.25) is 0 Å². The molecule has 3 rings (SSSR count). The summed E-state index contributed by atoms with van der Waals surface area (Å²) in [5.41, 5.74) is 1.46. The zero-order valence-electron chi connectivity index (χ0n) is 13.9. The summed E-state index contributed by atoms with van der Waals surface area (Å²) in [4.78, 5) is 28.2. The zero-order chi connectivity index (χ0) is 17.3. The van der Waals surface area contributed by atoms with Crippen LogP contribution in [-0.2, 0) is 9.53 Å². The van der Waals surface area contributed by atoms with E-state index in [9.17, 15) is 9.59 Å². The van der Waals surface area contributed by atoms with E-state index in [1.807, 2.05) is 32.9 Å². The van der Waals surface area contributed by atoms with Gasteiger partial charge < -0.3 is 10.1 Å². The summed E-state index contributed by atoms with van der Waals surface area (Å²) in [5.74, 6) is -0.501. The van der Waals surface area contributed by atoms with Crippen LogP contribution in [0.5, 0.6) is 0 Å². The summed E-state index contributed by atoms with van der Waals surface area (Å²) in [5, 5.41) is 7.32. The summed E-state index contributed by atoms with van der Waals surface area (Å²) in [6.07, 6.45) is 3.50. The van der Waals surface area contributed by atoms with Gasteiger partial charge in [-0.2, -0.15) is 5.10 Å². The van der Waals surface area contributed by atoms with E-state index in [-0.39, 0.29) is 24.3 Å². The van der Waals surface area contributed by atoms with Crippen molar-refractivity contribution in [2.24, 2.45) is 0 Å². The van der Waals surface area contributed by atoms with Gasteiger partial charge in [0.15, 0.2) is 0 Å². The third-order valence-electron chi connectivity index (χ3n) is 3.61. The molecule has 2 aromatic rings. The highest BCUT2D eigenvalue weighted by Gasteiger charge is 2.30. The van der Waals surface area contributed by atoms with Crippen LogP contribution in [0.1, 0.15) is 43.7 Å². The quantitative estimate of drug-likeness (QED) is 0.871. The third-order valence-corrected chi connectivity index (χ3v) is 3.61. The minimum atomic E-state index is -0.538. The van der Waals surface area contributed by atoms with E-state index in [0.717, 1.165) is 5.56 Å². The Hall–Kier alpha value is -2.70. The molecule has 24 heavy (non-hydrogen) atoms. The van der Waals surface area contributed by atoms with E-state index in [0.29, 0.717) is 17.9 Å². The van der Waals surface area contributed by atoms with Gasteiger partial charge in [-0.25, -0.2) is 0 Å². The summed E-state index contributed by atoms with van der Waals surface area (Å²) < 4.78 is 7.00.